The van der Waals surface area contributed by atoms with E-state index in [0.29, 0.717) is 6.54 Å². The highest BCUT2D eigenvalue weighted by Gasteiger charge is 2.39. The maximum atomic E-state index is 12.5. The van der Waals surface area contributed by atoms with Crippen molar-refractivity contribution in [1.29, 1.82) is 0 Å². The molecule has 2 N–H and O–H groups in total. The van der Waals surface area contributed by atoms with E-state index in [2.05, 4.69) is 53.6 Å². The van der Waals surface area contributed by atoms with Gasteiger partial charge in [0.05, 0.1) is 0 Å². The maximum Gasteiger partial charge on any atom is 0.252 e. The number of piperidine rings is 1. The summed E-state index contributed by atoms with van der Waals surface area (Å²) < 4.78 is 5.56. The molecule has 1 aromatic rings. The Balaban J connectivity index is 0.00000312. The molecule has 1 fully saturated rings. The van der Waals surface area contributed by atoms with E-state index in [4.69, 9.17) is 4.74 Å². The van der Waals surface area contributed by atoms with Crippen molar-refractivity contribution in [3.63, 3.8) is 0 Å². The fourth-order valence-electron chi connectivity index (χ4n) is 3.17. The molecule has 1 aliphatic heterocycles. The normalized spacial score (nSPS) is 15.7. The molecule has 1 aliphatic rings. The molecule has 5 nitrogen and oxygen atoms in total. The first kappa shape index (κ1) is 25.1. The zero-order valence-corrected chi connectivity index (χ0v) is 17.7. The summed E-state index contributed by atoms with van der Waals surface area (Å²) in [5, 5.41) is 6.31. The smallest absolute Gasteiger partial charge is 0.252 e. The zero-order valence-electron chi connectivity index (χ0n) is 16.0. The van der Waals surface area contributed by atoms with Crippen LogP contribution < -0.4 is 10.6 Å². The lowest BCUT2D eigenvalue weighted by molar-refractivity contribution is -0.146. The molecule has 1 saturated heterocycles. The van der Waals surface area contributed by atoms with Crippen LogP contribution in [0.15, 0.2) is 24.3 Å². The van der Waals surface area contributed by atoms with E-state index < -0.39 is 5.60 Å². The Morgan fingerprint density at radius 2 is 1.65 bits per heavy atom. The number of nitrogens with zero attached hydrogens (tertiary/aromatic N) is 1. The van der Waals surface area contributed by atoms with Crippen molar-refractivity contribution in [1.82, 2.24) is 15.5 Å². The summed E-state index contributed by atoms with van der Waals surface area (Å²) in [6.07, 6.45) is 1.44. The lowest BCUT2D eigenvalue weighted by Crippen LogP contribution is -2.53. The predicted molar refractivity (Wildman–Crippen MR) is 111 cm³/mol. The second-order valence-corrected chi connectivity index (χ2v) is 6.41. The Kier molecular flexibility index (Phi) is 12.1. The van der Waals surface area contributed by atoms with Crippen molar-refractivity contribution in [2.24, 2.45) is 0 Å². The van der Waals surface area contributed by atoms with Gasteiger partial charge in [0.1, 0.15) is 5.60 Å². The van der Waals surface area contributed by atoms with Gasteiger partial charge in [-0.1, -0.05) is 38.1 Å². The lowest BCUT2D eigenvalue weighted by Gasteiger charge is -2.34. The average Bonchev–Trinajstić information content (AvgIpc) is 2.65. The Labute approximate surface area is 170 Å². The van der Waals surface area contributed by atoms with Gasteiger partial charge < -0.3 is 15.4 Å². The summed E-state index contributed by atoms with van der Waals surface area (Å²) in [6, 6.07) is 8.49. The van der Waals surface area contributed by atoms with Gasteiger partial charge in [0.15, 0.2) is 0 Å². The van der Waals surface area contributed by atoms with Gasteiger partial charge in [-0.3, -0.25) is 9.69 Å². The SMILES string of the molecule is CCN(CC)Cc1ccc(CNC(=O)C2(OC)CCNCC2)cc1.Cl.Cl. The molecular formula is C19H33Cl2N3O2. The number of benzene rings is 1. The Morgan fingerprint density at radius 3 is 2.15 bits per heavy atom. The van der Waals surface area contributed by atoms with Crippen LogP contribution in [0.25, 0.3) is 0 Å². The van der Waals surface area contributed by atoms with Gasteiger partial charge in [-0.25, -0.2) is 0 Å². The highest BCUT2D eigenvalue weighted by molar-refractivity contribution is 5.86. The van der Waals surface area contributed by atoms with Crippen LogP contribution in [-0.2, 0) is 22.6 Å². The molecule has 0 aliphatic carbocycles. The molecule has 26 heavy (non-hydrogen) atoms. The van der Waals surface area contributed by atoms with Gasteiger partial charge in [0.2, 0.25) is 0 Å². The number of halogens is 2. The standard InChI is InChI=1S/C19H31N3O2.2ClH/c1-4-22(5-2)15-17-8-6-16(7-9-17)14-21-18(23)19(24-3)10-12-20-13-11-19;;/h6-9,20H,4-5,10-15H2,1-3H3,(H,21,23);2*1H. The topological polar surface area (TPSA) is 53.6 Å². The van der Waals surface area contributed by atoms with Crippen molar-refractivity contribution in [2.45, 2.75) is 45.4 Å². The number of carbonyl (C=O) groups excluding carboxylic acids is 1. The molecule has 0 spiro atoms. The van der Waals surface area contributed by atoms with E-state index >= 15 is 0 Å². The van der Waals surface area contributed by atoms with Crippen LogP contribution in [0.2, 0.25) is 0 Å². The summed E-state index contributed by atoms with van der Waals surface area (Å²) in [5.41, 5.74) is 1.75. The van der Waals surface area contributed by atoms with Crippen molar-refractivity contribution in [3.8, 4) is 0 Å². The largest absolute Gasteiger partial charge is 0.368 e. The third-order valence-corrected chi connectivity index (χ3v) is 4.99. The molecule has 150 valence electrons. The van der Waals surface area contributed by atoms with E-state index in [1.807, 2.05) is 0 Å². The van der Waals surface area contributed by atoms with Gasteiger partial charge in [-0.2, -0.15) is 0 Å². The quantitative estimate of drug-likeness (QED) is 0.697. The summed E-state index contributed by atoms with van der Waals surface area (Å²) in [4.78, 5) is 14.9. The van der Waals surface area contributed by atoms with Crippen molar-refractivity contribution in [3.05, 3.63) is 35.4 Å². The van der Waals surface area contributed by atoms with Gasteiger partial charge in [-0.05, 0) is 50.1 Å². The van der Waals surface area contributed by atoms with E-state index in [-0.39, 0.29) is 30.7 Å². The minimum absolute atomic E-state index is 0. The van der Waals surface area contributed by atoms with Crippen LogP contribution in [0.3, 0.4) is 0 Å². The molecule has 7 heteroatoms. The van der Waals surface area contributed by atoms with Crippen LogP contribution >= 0.6 is 24.8 Å². The first-order chi connectivity index (χ1) is 11.6. The molecule has 0 saturated carbocycles. The molecule has 1 amide bonds. The second-order valence-electron chi connectivity index (χ2n) is 6.41. The highest BCUT2D eigenvalue weighted by atomic mass is 35.5. The number of ether oxygens (including phenoxy) is 1. The van der Waals surface area contributed by atoms with Gasteiger partial charge >= 0.3 is 0 Å². The summed E-state index contributed by atoms with van der Waals surface area (Å²) in [5.74, 6) is -0.00119. The lowest BCUT2D eigenvalue weighted by atomic mass is 9.91. The molecule has 0 aromatic heterocycles. The summed E-state index contributed by atoms with van der Waals surface area (Å²) >= 11 is 0. The number of rotatable bonds is 8. The fourth-order valence-corrected chi connectivity index (χ4v) is 3.17. The summed E-state index contributed by atoms with van der Waals surface area (Å²) in [7, 11) is 1.63. The van der Waals surface area contributed by atoms with Crippen molar-refractivity contribution >= 4 is 30.7 Å². The fraction of sp³-hybridized carbons (Fsp3) is 0.632. The molecule has 0 bridgehead atoms. The monoisotopic (exact) mass is 405 g/mol. The van der Waals surface area contributed by atoms with Crippen LogP contribution in [-0.4, -0.2) is 49.7 Å². The van der Waals surface area contributed by atoms with Crippen LogP contribution in [0.5, 0.6) is 0 Å². The number of hydrogen-bond acceptors (Lipinski definition) is 4. The van der Waals surface area contributed by atoms with E-state index in [1.165, 1.54) is 5.56 Å². The Bertz CT molecular complexity index is 516. The molecule has 0 atom stereocenters. The van der Waals surface area contributed by atoms with Crippen LogP contribution in [0, 0.1) is 0 Å². The van der Waals surface area contributed by atoms with Crippen LogP contribution in [0.4, 0.5) is 0 Å². The minimum Gasteiger partial charge on any atom is -0.368 e. The van der Waals surface area contributed by atoms with Gasteiger partial charge in [0.25, 0.3) is 5.91 Å². The number of hydrogen-bond donors (Lipinski definition) is 2. The number of methoxy groups -OCH3 is 1. The number of nitrogens with one attached hydrogen (secondary N) is 2. The van der Waals surface area contributed by atoms with E-state index in [1.54, 1.807) is 7.11 Å². The maximum absolute atomic E-state index is 12.5. The first-order valence-corrected chi connectivity index (χ1v) is 8.98. The molecule has 2 rings (SSSR count). The van der Waals surface area contributed by atoms with Gasteiger partial charge in [0, 0.05) is 20.2 Å². The minimum atomic E-state index is -0.673. The van der Waals surface area contributed by atoms with Crippen molar-refractivity contribution < 1.29 is 9.53 Å². The molecule has 1 aromatic carbocycles. The predicted octanol–water partition coefficient (Wildman–Crippen LogP) is 2.76. The Morgan fingerprint density at radius 1 is 1.12 bits per heavy atom. The third-order valence-electron chi connectivity index (χ3n) is 4.99. The zero-order chi connectivity index (χ0) is 17.4. The van der Waals surface area contributed by atoms with E-state index in [0.717, 1.165) is 51.1 Å². The van der Waals surface area contributed by atoms with Crippen molar-refractivity contribution in [2.75, 3.05) is 33.3 Å². The van der Waals surface area contributed by atoms with Crippen LogP contribution in [0.1, 0.15) is 37.8 Å². The number of carbonyl (C=O) groups is 1. The molecule has 0 unspecified atom stereocenters. The highest BCUT2D eigenvalue weighted by Crippen LogP contribution is 2.22. The molecular weight excluding hydrogens is 373 g/mol. The third kappa shape index (κ3) is 6.71. The second kappa shape index (κ2) is 12.5. The van der Waals surface area contributed by atoms with Gasteiger partial charge in [-0.15, -0.1) is 24.8 Å². The molecule has 1 heterocycles. The first-order valence-electron chi connectivity index (χ1n) is 8.98. The average molecular weight is 406 g/mol. The number of amides is 1. The van der Waals surface area contributed by atoms with E-state index in [9.17, 15) is 4.79 Å². The summed E-state index contributed by atoms with van der Waals surface area (Å²) in [6.45, 7) is 9.63. The molecule has 0 radical (unpaired) electrons. The Hall–Kier alpha value is -0.850.